The molecule has 7 nitrogen and oxygen atoms in total. The molecule has 1 aliphatic heterocycles. The van der Waals surface area contributed by atoms with Gasteiger partial charge in [-0.05, 0) is 62.3 Å². The number of piperidine rings is 1. The van der Waals surface area contributed by atoms with Crippen LogP contribution in [-0.4, -0.2) is 38.8 Å². The van der Waals surface area contributed by atoms with E-state index in [1.807, 2.05) is 24.3 Å². The molecule has 0 unspecified atom stereocenters. The quantitative estimate of drug-likeness (QED) is 0.506. The average Bonchev–Trinajstić information content (AvgIpc) is 3.14. The fraction of sp³-hybridized carbons (Fsp3) is 0.261. The number of aromatic amines is 1. The number of phenols is 1. The molecule has 5 rings (SSSR count). The van der Waals surface area contributed by atoms with E-state index >= 15 is 0 Å². The first-order valence-corrected chi connectivity index (χ1v) is 10.0. The third kappa shape index (κ3) is 3.37. The molecule has 0 atom stereocenters. The number of fused-ring (bicyclic) bond motifs is 3. The van der Waals surface area contributed by atoms with Crippen LogP contribution in [0.25, 0.3) is 22.1 Å². The maximum absolute atomic E-state index is 12.7. The van der Waals surface area contributed by atoms with Gasteiger partial charge in [0.2, 0.25) is 5.58 Å². The van der Waals surface area contributed by atoms with Gasteiger partial charge in [0.05, 0.1) is 6.54 Å². The molecule has 30 heavy (non-hydrogen) atoms. The highest BCUT2D eigenvalue weighted by molar-refractivity contribution is 6.01. The molecule has 2 N–H and O–H groups in total. The van der Waals surface area contributed by atoms with Gasteiger partial charge in [0.1, 0.15) is 22.7 Å². The van der Waals surface area contributed by atoms with Gasteiger partial charge in [0.25, 0.3) is 5.56 Å². The number of nitrogens with zero attached hydrogens (tertiary/aromatic N) is 2. The molecule has 0 aliphatic carbocycles. The average molecular weight is 403 g/mol. The fourth-order valence-corrected chi connectivity index (χ4v) is 4.15. The number of carbonyl (C=O) groups is 1. The minimum absolute atomic E-state index is 0.0295. The zero-order valence-corrected chi connectivity index (χ0v) is 16.3. The summed E-state index contributed by atoms with van der Waals surface area (Å²) >= 11 is 0. The van der Waals surface area contributed by atoms with Crippen molar-refractivity contribution in [2.24, 2.45) is 5.92 Å². The number of rotatable bonds is 4. The van der Waals surface area contributed by atoms with Crippen molar-refractivity contribution in [1.82, 2.24) is 14.9 Å². The maximum Gasteiger partial charge on any atom is 0.294 e. The van der Waals surface area contributed by atoms with Gasteiger partial charge in [-0.3, -0.25) is 14.5 Å². The Morgan fingerprint density at radius 2 is 1.87 bits per heavy atom. The first-order valence-electron chi connectivity index (χ1n) is 10.0. The molecule has 2 aromatic heterocycles. The van der Waals surface area contributed by atoms with Crippen LogP contribution in [0.1, 0.15) is 29.0 Å². The highest BCUT2D eigenvalue weighted by Gasteiger charge is 2.26. The second kappa shape index (κ2) is 7.42. The summed E-state index contributed by atoms with van der Waals surface area (Å²) in [5, 5.41) is 10.2. The molecule has 0 radical (unpaired) electrons. The van der Waals surface area contributed by atoms with E-state index in [1.54, 1.807) is 24.3 Å². The fourth-order valence-electron chi connectivity index (χ4n) is 4.15. The molecule has 2 aromatic carbocycles. The molecular formula is C23H21N3O4. The second-order valence-corrected chi connectivity index (χ2v) is 7.75. The minimum atomic E-state index is -0.274. The summed E-state index contributed by atoms with van der Waals surface area (Å²) in [6.07, 6.45) is 1.50. The van der Waals surface area contributed by atoms with Gasteiger partial charge in [-0.1, -0.05) is 12.1 Å². The number of aromatic nitrogens is 2. The zero-order chi connectivity index (χ0) is 20.7. The van der Waals surface area contributed by atoms with Gasteiger partial charge in [-0.15, -0.1) is 0 Å². The smallest absolute Gasteiger partial charge is 0.294 e. The van der Waals surface area contributed by atoms with E-state index in [9.17, 15) is 14.7 Å². The number of phenolic OH excluding ortho intramolecular Hbond substituents is 1. The molecule has 0 bridgehead atoms. The van der Waals surface area contributed by atoms with E-state index in [0.717, 1.165) is 31.3 Å². The summed E-state index contributed by atoms with van der Waals surface area (Å²) < 4.78 is 5.65. The predicted molar refractivity (Wildman–Crippen MR) is 113 cm³/mol. The monoisotopic (exact) mass is 403 g/mol. The second-order valence-electron chi connectivity index (χ2n) is 7.75. The van der Waals surface area contributed by atoms with Crippen molar-refractivity contribution in [2.75, 3.05) is 13.1 Å². The third-order valence-corrected chi connectivity index (χ3v) is 5.76. The molecule has 0 amide bonds. The Balaban J connectivity index is 1.30. The lowest BCUT2D eigenvalue weighted by Crippen LogP contribution is -2.36. The Morgan fingerprint density at radius 1 is 1.13 bits per heavy atom. The number of H-pyrrole nitrogens is 1. The first kappa shape index (κ1) is 18.6. The van der Waals surface area contributed by atoms with E-state index in [-0.39, 0.29) is 28.6 Å². The van der Waals surface area contributed by atoms with Crippen molar-refractivity contribution in [3.05, 3.63) is 70.3 Å². The molecule has 7 heteroatoms. The molecule has 1 fully saturated rings. The van der Waals surface area contributed by atoms with Crippen LogP contribution in [0.2, 0.25) is 0 Å². The third-order valence-electron chi connectivity index (χ3n) is 5.76. The lowest BCUT2D eigenvalue weighted by Gasteiger charge is -2.30. The summed E-state index contributed by atoms with van der Waals surface area (Å²) in [4.78, 5) is 34.8. The molecule has 152 valence electrons. The molecule has 4 aromatic rings. The largest absolute Gasteiger partial charge is 0.508 e. The van der Waals surface area contributed by atoms with E-state index in [1.165, 1.54) is 0 Å². The number of para-hydroxylation sites is 1. The summed E-state index contributed by atoms with van der Waals surface area (Å²) in [7, 11) is 0. The Kier molecular flexibility index (Phi) is 4.59. The van der Waals surface area contributed by atoms with Crippen molar-refractivity contribution in [1.29, 1.82) is 0 Å². The number of likely N-dealkylation sites (tertiary alicyclic amines) is 1. The van der Waals surface area contributed by atoms with E-state index in [2.05, 4.69) is 14.9 Å². The van der Waals surface area contributed by atoms with Crippen LogP contribution in [0.15, 0.2) is 57.7 Å². The van der Waals surface area contributed by atoms with Crippen LogP contribution in [0, 0.1) is 5.92 Å². The van der Waals surface area contributed by atoms with Gasteiger partial charge in [0.15, 0.2) is 5.78 Å². The number of furan rings is 1. The maximum atomic E-state index is 12.7. The summed E-state index contributed by atoms with van der Waals surface area (Å²) in [5.74, 6) is 0.846. The van der Waals surface area contributed by atoms with Crippen molar-refractivity contribution < 1.29 is 14.3 Å². The van der Waals surface area contributed by atoms with Crippen LogP contribution in [0.5, 0.6) is 5.75 Å². The number of hydrogen-bond donors (Lipinski definition) is 2. The van der Waals surface area contributed by atoms with Gasteiger partial charge in [0, 0.05) is 16.9 Å². The zero-order valence-electron chi connectivity index (χ0n) is 16.3. The molecule has 0 saturated carbocycles. The number of ketones is 1. The number of nitrogens with one attached hydrogen (secondary N) is 1. The number of Topliss-reactive ketones (excluding diaryl/α,β-unsaturated/α-hetero) is 1. The SMILES string of the molecule is O=C(c1ccc(O)cc1)C1CCN(Cc2nc3c(oc4ccccc43)c(=O)[nH]2)CC1. The van der Waals surface area contributed by atoms with Crippen LogP contribution in [-0.2, 0) is 6.54 Å². The number of hydrogen-bond acceptors (Lipinski definition) is 6. The van der Waals surface area contributed by atoms with Gasteiger partial charge in [-0.2, -0.15) is 0 Å². The molecule has 1 aliphatic rings. The van der Waals surface area contributed by atoms with Gasteiger partial charge < -0.3 is 14.5 Å². The summed E-state index contributed by atoms with van der Waals surface area (Å²) in [6.45, 7) is 2.02. The Bertz CT molecular complexity index is 1280. The lowest BCUT2D eigenvalue weighted by molar-refractivity contribution is 0.0833. The first-order chi connectivity index (χ1) is 14.6. The van der Waals surface area contributed by atoms with E-state index < -0.39 is 0 Å². The molecule has 3 heterocycles. The normalized spacial score (nSPS) is 15.7. The van der Waals surface area contributed by atoms with Gasteiger partial charge >= 0.3 is 0 Å². The van der Waals surface area contributed by atoms with Crippen molar-refractivity contribution in [2.45, 2.75) is 19.4 Å². The lowest BCUT2D eigenvalue weighted by atomic mass is 9.89. The number of aromatic hydroxyl groups is 1. The van der Waals surface area contributed by atoms with Crippen LogP contribution in [0.3, 0.4) is 0 Å². The van der Waals surface area contributed by atoms with Crippen molar-refractivity contribution >= 4 is 27.9 Å². The summed E-state index contributed by atoms with van der Waals surface area (Å²) in [6, 6.07) is 13.9. The Hall–Kier alpha value is -3.45. The highest BCUT2D eigenvalue weighted by atomic mass is 16.3. The van der Waals surface area contributed by atoms with Crippen LogP contribution in [0.4, 0.5) is 0 Å². The summed E-state index contributed by atoms with van der Waals surface area (Å²) in [5.41, 5.74) is 1.84. The number of carbonyl (C=O) groups excluding carboxylic acids is 1. The molecule has 1 saturated heterocycles. The minimum Gasteiger partial charge on any atom is -0.508 e. The van der Waals surface area contributed by atoms with Crippen LogP contribution >= 0.6 is 0 Å². The predicted octanol–water partition coefficient (Wildman–Crippen LogP) is 3.47. The van der Waals surface area contributed by atoms with Crippen molar-refractivity contribution in [3.63, 3.8) is 0 Å². The number of benzene rings is 2. The molecular weight excluding hydrogens is 382 g/mol. The van der Waals surface area contributed by atoms with Crippen LogP contribution < -0.4 is 5.56 Å². The van der Waals surface area contributed by atoms with E-state index in [0.29, 0.717) is 29.0 Å². The Morgan fingerprint density at radius 3 is 2.63 bits per heavy atom. The Labute approximate surface area is 172 Å². The standard InChI is InChI=1S/C23H21N3O4/c27-16-7-5-14(6-8-16)21(28)15-9-11-26(12-10-15)13-19-24-20-17-3-1-2-4-18(17)30-22(20)23(29)25-19/h1-8,15,27H,9-13H2,(H,24,25,29). The van der Waals surface area contributed by atoms with Gasteiger partial charge in [-0.25, -0.2) is 4.98 Å². The molecule has 0 spiro atoms. The van der Waals surface area contributed by atoms with E-state index in [4.69, 9.17) is 4.42 Å². The highest BCUT2D eigenvalue weighted by Crippen LogP contribution is 2.26. The topological polar surface area (TPSA) is 99.4 Å². The van der Waals surface area contributed by atoms with Crippen molar-refractivity contribution in [3.8, 4) is 5.75 Å².